The van der Waals surface area contributed by atoms with Gasteiger partial charge in [0.2, 0.25) is 0 Å². The smallest absolute Gasteiger partial charge is 0.269 e. The van der Waals surface area contributed by atoms with Crippen molar-refractivity contribution in [2.45, 2.75) is 13.3 Å². The Labute approximate surface area is 116 Å². The fraction of sp³-hybridized carbons (Fsp3) is 0.286. The van der Waals surface area contributed by atoms with Gasteiger partial charge in [-0.2, -0.15) is 11.3 Å². The zero-order valence-corrected chi connectivity index (χ0v) is 11.7. The molecule has 19 heavy (non-hydrogen) atoms. The van der Waals surface area contributed by atoms with Crippen LogP contribution in [0.4, 0.5) is 5.82 Å². The van der Waals surface area contributed by atoms with Crippen LogP contribution in [-0.2, 0) is 6.42 Å². The van der Waals surface area contributed by atoms with Crippen LogP contribution in [0.3, 0.4) is 0 Å². The van der Waals surface area contributed by atoms with Crippen molar-refractivity contribution < 1.29 is 4.79 Å². The van der Waals surface area contributed by atoms with E-state index in [1.165, 1.54) is 5.56 Å². The SMILES string of the molecule is CCNc1cccc(C(=O)NCCc2ccsc2)n1. The van der Waals surface area contributed by atoms with Gasteiger partial charge in [0.25, 0.3) is 5.91 Å². The predicted octanol–water partition coefficient (Wildman–Crippen LogP) is 2.55. The molecule has 1 amide bonds. The Bertz CT molecular complexity index is 525. The number of nitrogens with one attached hydrogen (secondary N) is 2. The Morgan fingerprint density at radius 3 is 3.00 bits per heavy atom. The number of anilines is 1. The van der Waals surface area contributed by atoms with Crippen LogP contribution in [0, 0.1) is 0 Å². The minimum absolute atomic E-state index is 0.130. The summed E-state index contributed by atoms with van der Waals surface area (Å²) < 4.78 is 0. The summed E-state index contributed by atoms with van der Waals surface area (Å²) in [5.41, 5.74) is 1.70. The van der Waals surface area contributed by atoms with Gasteiger partial charge in [-0.25, -0.2) is 4.98 Å². The van der Waals surface area contributed by atoms with Gasteiger partial charge in [0.1, 0.15) is 11.5 Å². The highest BCUT2D eigenvalue weighted by Crippen LogP contribution is 2.06. The second kappa shape index (κ2) is 6.89. The molecule has 0 spiro atoms. The molecule has 2 heterocycles. The normalized spacial score (nSPS) is 10.2. The second-order valence-corrected chi connectivity index (χ2v) is 4.86. The summed E-state index contributed by atoms with van der Waals surface area (Å²) in [4.78, 5) is 16.2. The third-order valence-electron chi connectivity index (χ3n) is 2.62. The first kappa shape index (κ1) is 13.5. The van der Waals surface area contributed by atoms with Crippen molar-refractivity contribution in [2.75, 3.05) is 18.4 Å². The van der Waals surface area contributed by atoms with E-state index in [1.54, 1.807) is 17.4 Å². The van der Waals surface area contributed by atoms with E-state index in [1.807, 2.05) is 24.4 Å². The Morgan fingerprint density at radius 1 is 1.37 bits per heavy atom. The third-order valence-corrected chi connectivity index (χ3v) is 3.35. The minimum Gasteiger partial charge on any atom is -0.370 e. The highest BCUT2D eigenvalue weighted by atomic mass is 32.1. The van der Waals surface area contributed by atoms with Crippen LogP contribution >= 0.6 is 11.3 Å². The Morgan fingerprint density at radius 2 is 2.26 bits per heavy atom. The van der Waals surface area contributed by atoms with Gasteiger partial charge in [0, 0.05) is 13.1 Å². The quantitative estimate of drug-likeness (QED) is 0.852. The minimum atomic E-state index is -0.130. The molecule has 0 bridgehead atoms. The fourth-order valence-electron chi connectivity index (χ4n) is 1.69. The van der Waals surface area contributed by atoms with E-state index in [0.29, 0.717) is 12.2 Å². The van der Waals surface area contributed by atoms with Crippen molar-refractivity contribution in [1.82, 2.24) is 10.3 Å². The molecule has 2 rings (SSSR count). The van der Waals surface area contributed by atoms with Crippen molar-refractivity contribution in [3.63, 3.8) is 0 Å². The number of rotatable bonds is 6. The maximum absolute atomic E-state index is 11.9. The van der Waals surface area contributed by atoms with Crippen LogP contribution in [0.25, 0.3) is 0 Å². The number of carbonyl (C=O) groups is 1. The van der Waals surface area contributed by atoms with Gasteiger partial charge in [-0.15, -0.1) is 0 Å². The molecule has 5 heteroatoms. The summed E-state index contributed by atoms with van der Waals surface area (Å²) in [6.45, 7) is 3.41. The summed E-state index contributed by atoms with van der Waals surface area (Å²) in [5, 5.41) is 10.1. The van der Waals surface area contributed by atoms with E-state index in [0.717, 1.165) is 18.8 Å². The molecule has 0 saturated heterocycles. The summed E-state index contributed by atoms with van der Waals surface area (Å²) >= 11 is 1.67. The number of hydrogen-bond donors (Lipinski definition) is 2. The number of amides is 1. The molecule has 2 aromatic rings. The van der Waals surface area contributed by atoms with E-state index in [4.69, 9.17) is 0 Å². The first-order chi connectivity index (χ1) is 9.29. The maximum Gasteiger partial charge on any atom is 0.269 e. The molecule has 0 aliphatic rings. The molecular weight excluding hydrogens is 258 g/mol. The van der Waals surface area contributed by atoms with Crippen LogP contribution in [0.2, 0.25) is 0 Å². The molecule has 0 unspecified atom stereocenters. The zero-order valence-electron chi connectivity index (χ0n) is 10.8. The number of pyridine rings is 1. The van der Waals surface area contributed by atoms with E-state index in [-0.39, 0.29) is 5.91 Å². The lowest BCUT2D eigenvalue weighted by atomic mass is 10.2. The largest absolute Gasteiger partial charge is 0.370 e. The molecule has 0 saturated carbocycles. The van der Waals surface area contributed by atoms with Gasteiger partial charge in [-0.1, -0.05) is 6.07 Å². The Hall–Kier alpha value is -1.88. The van der Waals surface area contributed by atoms with Crippen molar-refractivity contribution in [3.8, 4) is 0 Å². The lowest BCUT2D eigenvalue weighted by molar-refractivity contribution is 0.0949. The van der Waals surface area contributed by atoms with Gasteiger partial charge in [0.15, 0.2) is 0 Å². The first-order valence-corrected chi connectivity index (χ1v) is 7.24. The standard InChI is InChI=1S/C14H17N3OS/c1-2-15-13-5-3-4-12(17-13)14(18)16-8-6-11-7-9-19-10-11/h3-5,7,9-10H,2,6,8H2,1H3,(H,15,17)(H,16,18). The van der Waals surface area contributed by atoms with Gasteiger partial charge >= 0.3 is 0 Å². The molecule has 0 aliphatic carbocycles. The number of nitrogens with zero attached hydrogens (tertiary/aromatic N) is 1. The first-order valence-electron chi connectivity index (χ1n) is 6.30. The molecule has 100 valence electrons. The van der Waals surface area contributed by atoms with Crippen molar-refractivity contribution >= 4 is 23.1 Å². The average molecular weight is 275 g/mol. The molecule has 0 fully saturated rings. The fourth-order valence-corrected chi connectivity index (χ4v) is 2.39. The number of aromatic nitrogens is 1. The monoisotopic (exact) mass is 275 g/mol. The van der Waals surface area contributed by atoms with Gasteiger partial charge in [0.05, 0.1) is 0 Å². The molecule has 0 radical (unpaired) electrons. The lowest BCUT2D eigenvalue weighted by Crippen LogP contribution is -2.26. The number of carbonyl (C=O) groups excluding carboxylic acids is 1. The molecular formula is C14H17N3OS. The van der Waals surface area contributed by atoms with E-state index >= 15 is 0 Å². The van der Waals surface area contributed by atoms with Crippen LogP contribution in [0.15, 0.2) is 35.0 Å². The van der Waals surface area contributed by atoms with E-state index in [9.17, 15) is 4.79 Å². The summed E-state index contributed by atoms with van der Waals surface area (Å²) in [6, 6.07) is 7.48. The zero-order chi connectivity index (χ0) is 13.5. The second-order valence-electron chi connectivity index (χ2n) is 4.08. The highest BCUT2D eigenvalue weighted by Gasteiger charge is 2.07. The third kappa shape index (κ3) is 4.06. The van der Waals surface area contributed by atoms with Gasteiger partial charge in [-0.05, 0) is 47.9 Å². The van der Waals surface area contributed by atoms with Gasteiger partial charge in [-0.3, -0.25) is 4.79 Å². The number of thiophene rings is 1. The van der Waals surface area contributed by atoms with E-state index in [2.05, 4.69) is 27.1 Å². The summed E-state index contributed by atoms with van der Waals surface area (Å²) in [7, 11) is 0. The van der Waals surface area contributed by atoms with Crippen LogP contribution in [0.5, 0.6) is 0 Å². The number of hydrogen-bond acceptors (Lipinski definition) is 4. The summed E-state index contributed by atoms with van der Waals surface area (Å²) in [6.07, 6.45) is 0.849. The average Bonchev–Trinajstić information content (AvgIpc) is 2.92. The van der Waals surface area contributed by atoms with Crippen LogP contribution in [0.1, 0.15) is 23.0 Å². The molecule has 0 atom stereocenters. The molecule has 2 aromatic heterocycles. The van der Waals surface area contributed by atoms with Crippen LogP contribution < -0.4 is 10.6 Å². The van der Waals surface area contributed by atoms with Crippen molar-refractivity contribution in [2.24, 2.45) is 0 Å². The van der Waals surface area contributed by atoms with E-state index < -0.39 is 0 Å². The predicted molar refractivity (Wildman–Crippen MR) is 78.8 cm³/mol. The Balaban J connectivity index is 1.87. The molecule has 0 aliphatic heterocycles. The Kier molecular flexibility index (Phi) is 4.92. The van der Waals surface area contributed by atoms with Gasteiger partial charge < -0.3 is 10.6 Å². The molecule has 2 N–H and O–H groups in total. The highest BCUT2D eigenvalue weighted by molar-refractivity contribution is 7.07. The van der Waals surface area contributed by atoms with Crippen molar-refractivity contribution in [1.29, 1.82) is 0 Å². The lowest BCUT2D eigenvalue weighted by Gasteiger charge is -2.06. The summed E-state index contributed by atoms with van der Waals surface area (Å²) in [5.74, 6) is 0.600. The topological polar surface area (TPSA) is 54.0 Å². The molecule has 0 aromatic carbocycles. The maximum atomic E-state index is 11.9. The van der Waals surface area contributed by atoms with Crippen LogP contribution in [-0.4, -0.2) is 24.0 Å². The van der Waals surface area contributed by atoms with Crippen molar-refractivity contribution in [3.05, 3.63) is 46.3 Å². The molecule has 4 nitrogen and oxygen atoms in total.